The molecule has 0 aliphatic carbocycles. The third kappa shape index (κ3) is 2.49. The second-order valence-corrected chi connectivity index (χ2v) is 3.88. The molecule has 0 unspecified atom stereocenters. The molecule has 2 N–H and O–H groups in total. The normalized spacial score (nSPS) is 9.94. The lowest BCUT2D eigenvalue weighted by Crippen LogP contribution is -2.08. The van der Waals surface area contributed by atoms with Gasteiger partial charge in [0, 0.05) is 5.02 Å². The molecule has 1 rings (SSSR count). The molecule has 1 aromatic rings. The summed E-state index contributed by atoms with van der Waals surface area (Å²) in [4.78, 5) is 11.1. The van der Waals surface area contributed by atoms with E-state index < -0.39 is 5.91 Å². The third-order valence-electron chi connectivity index (χ3n) is 2.08. The van der Waals surface area contributed by atoms with Crippen molar-refractivity contribution in [2.45, 2.75) is 13.3 Å². The summed E-state index contributed by atoms with van der Waals surface area (Å²) in [6, 6.07) is 1.46. The van der Waals surface area contributed by atoms with Gasteiger partial charge < -0.3 is 10.4 Å². The van der Waals surface area contributed by atoms with Gasteiger partial charge in [-0.15, -0.1) is 0 Å². The molecule has 5 heteroatoms. The molecular formula is C11H11Cl2NO2. The van der Waals surface area contributed by atoms with Crippen LogP contribution >= 0.6 is 23.2 Å². The van der Waals surface area contributed by atoms with Crippen molar-refractivity contribution in [3.8, 4) is 5.75 Å². The van der Waals surface area contributed by atoms with Crippen LogP contribution in [-0.2, 0) is 11.2 Å². The van der Waals surface area contributed by atoms with Gasteiger partial charge in [0.2, 0.25) is 5.91 Å². The fourth-order valence-electron chi connectivity index (χ4n) is 1.25. The summed E-state index contributed by atoms with van der Waals surface area (Å²) >= 11 is 11.9. The molecule has 86 valence electrons. The standard InChI is InChI=1S/C11H11Cl2NO2/c1-3-6-7(12)5-8(11(16)10(6)13)14-9(15)4-2/h4-5,16H,2-3H2,1H3,(H,14,15). The fraction of sp³-hybridized carbons (Fsp3) is 0.182. The van der Waals surface area contributed by atoms with E-state index in [-0.39, 0.29) is 16.5 Å². The zero-order chi connectivity index (χ0) is 12.3. The lowest BCUT2D eigenvalue weighted by atomic mass is 10.1. The summed E-state index contributed by atoms with van der Waals surface area (Å²) in [5.41, 5.74) is 0.828. The Hall–Kier alpha value is -1.19. The van der Waals surface area contributed by atoms with Gasteiger partial charge in [0.25, 0.3) is 0 Å². The Morgan fingerprint density at radius 1 is 1.62 bits per heavy atom. The highest BCUT2D eigenvalue weighted by Crippen LogP contribution is 2.39. The zero-order valence-electron chi connectivity index (χ0n) is 8.68. The molecule has 0 heterocycles. The molecule has 16 heavy (non-hydrogen) atoms. The minimum atomic E-state index is -0.438. The van der Waals surface area contributed by atoms with E-state index in [2.05, 4.69) is 11.9 Å². The molecule has 0 bridgehead atoms. The molecule has 0 aliphatic rings. The highest BCUT2D eigenvalue weighted by atomic mass is 35.5. The topological polar surface area (TPSA) is 49.3 Å². The molecule has 0 aromatic heterocycles. The van der Waals surface area contributed by atoms with Gasteiger partial charge in [-0.1, -0.05) is 36.7 Å². The minimum Gasteiger partial charge on any atom is -0.504 e. The van der Waals surface area contributed by atoms with Crippen LogP contribution in [0.3, 0.4) is 0 Å². The van der Waals surface area contributed by atoms with Gasteiger partial charge in [0.15, 0.2) is 5.75 Å². The van der Waals surface area contributed by atoms with Gasteiger partial charge in [-0.2, -0.15) is 0 Å². The van der Waals surface area contributed by atoms with Crippen LogP contribution in [0.4, 0.5) is 5.69 Å². The van der Waals surface area contributed by atoms with Crippen molar-refractivity contribution in [2.24, 2.45) is 0 Å². The van der Waals surface area contributed by atoms with E-state index in [1.165, 1.54) is 6.07 Å². The number of hydrogen-bond donors (Lipinski definition) is 2. The summed E-state index contributed by atoms with van der Waals surface area (Å²) in [6.07, 6.45) is 1.69. The molecule has 0 saturated carbocycles. The number of nitrogens with one attached hydrogen (secondary N) is 1. The van der Waals surface area contributed by atoms with Crippen molar-refractivity contribution < 1.29 is 9.90 Å². The summed E-state index contributed by atoms with van der Waals surface area (Å²) in [6.45, 7) is 5.17. The number of benzene rings is 1. The number of aromatic hydroxyl groups is 1. The molecule has 3 nitrogen and oxygen atoms in total. The van der Waals surface area contributed by atoms with Crippen molar-refractivity contribution in [3.05, 3.63) is 34.3 Å². The van der Waals surface area contributed by atoms with Crippen LogP contribution in [0.1, 0.15) is 12.5 Å². The average Bonchev–Trinajstić information content (AvgIpc) is 2.26. The van der Waals surface area contributed by atoms with E-state index in [9.17, 15) is 9.90 Å². The maximum absolute atomic E-state index is 11.1. The molecule has 1 amide bonds. The quantitative estimate of drug-likeness (QED) is 0.646. The van der Waals surface area contributed by atoms with Crippen molar-refractivity contribution in [1.29, 1.82) is 0 Å². The van der Waals surface area contributed by atoms with Gasteiger partial charge in [-0.05, 0) is 24.1 Å². The van der Waals surface area contributed by atoms with Crippen LogP contribution in [-0.4, -0.2) is 11.0 Å². The van der Waals surface area contributed by atoms with E-state index >= 15 is 0 Å². The van der Waals surface area contributed by atoms with Gasteiger partial charge in [-0.3, -0.25) is 4.79 Å². The average molecular weight is 260 g/mol. The summed E-state index contributed by atoms with van der Waals surface area (Å²) < 4.78 is 0. The number of rotatable bonds is 3. The Morgan fingerprint density at radius 3 is 2.75 bits per heavy atom. The number of halogens is 2. The first-order valence-corrected chi connectivity index (χ1v) is 5.40. The van der Waals surface area contributed by atoms with Gasteiger partial charge in [-0.25, -0.2) is 0 Å². The maximum atomic E-state index is 11.1. The lowest BCUT2D eigenvalue weighted by molar-refractivity contribution is -0.111. The largest absolute Gasteiger partial charge is 0.504 e. The Balaban J connectivity index is 3.22. The Morgan fingerprint density at radius 2 is 2.25 bits per heavy atom. The van der Waals surface area contributed by atoms with E-state index in [4.69, 9.17) is 23.2 Å². The number of carbonyl (C=O) groups excluding carboxylic acids is 1. The third-order valence-corrected chi connectivity index (χ3v) is 2.83. The van der Waals surface area contributed by atoms with E-state index in [1.54, 1.807) is 0 Å². The van der Waals surface area contributed by atoms with E-state index in [1.807, 2.05) is 6.92 Å². The number of phenols is 1. The molecule has 0 radical (unpaired) electrons. The zero-order valence-corrected chi connectivity index (χ0v) is 10.2. The first-order valence-electron chi connectivity index (χ1n) is 4.64. The summed E-state index contributed by atoms with van der Waals surface area (Å²) in [5.74, 6) is -0.621. The highest BCUT2D eigenvalue weighted by molar-refractivity contribution is 6.37. The molecule has 0 saturated heterocycles. The first kappa shape index (κ1) is 12.9. The minimum absolute atomic E-state index is 0.161. The van der Waals surface area contributed by atoms with Crippen LogP contribution in [0, 0.1) is 0 Å². The van der Waals surface area contributed by atoms with Crippen molar-refractivity contribution >= 4 is 34.8 Å². The van der Waals surface area contributed by atoms with Gasteiger partial charge in [0.05, 0.1) is 10.7 Å². The van der Waals surface area contributed by atoms with Crippen LogP contribution in [0.5, 0.6) is 5.75 Å². The molecule has 0 fully saturated rings. The van der Waals surface area contributed by atoms with Crippen molar-refractivity contribution in [2.75, 3.05) is 5.32 Å². The number of carbonyl (C=O) groups is 1. The number of anilines is 1. The second kappa shape index (κ2) is 5.23. The molecule has 0 spiro atoms. The maximum Gasteiger partial charge on any atom is 0.247 e. The van der Waals surface area contributed by atoms with Crippen LogP contribution < -0.4 is 5.32 Å². The Bertz CT molecular complexity index is 444. The smallest absolute Gasteiger partial charge is 0.247 e. The number of hydrogen-bond acceptors (Lipinski definition) is 2. The Kier molecular flexibility index (Phi) is 4.21. The highest BCUT2D eigenvalue weighted by Gasteiger charge is 2.14. The lowest BCUT2D eigenvalue weighted by Gasteiger charge is -2.11. The Labute approximate surface area is 104 Å². The monoisotopic (exact) mass is 259 g/mol. The summed E-state index contributed by atoms with van der Waals surface area (Å²) in [7, 11) is 0. The molecular weight excluding hydrogens is 249 g/mol. The van der Waals surface area contributed by atoms with Crippen LogP contribution in [0.2, 0.25) is 10.0 Å². The number of phenolic OH excluding ortho intramolecular Hbond substituents is 1. The van der Waals surface area contributed by atoms with E-state index in [0.29, 0.717) is 17.0 Å². The van der Waals surface area contributed by atoms with Gasteiger partial charge in [0.1, 0.15) is 0 Å². The predicted octanol–water partition coefficient (Wildman–Crippen LogP) is 3.39. The van der Waals surface area contributed by atoms with Crippen LogP contribution in [0.25, 0.3) is 0 Å². The molecule has 0 aliphatic heterocycles. The van der Waals surface area contributed by atoms with Crippen LogP contribution in [0.15, 0.2) is 18.7 Å². The van der Waals surface area contributed by atoms with E-state index in [0.717, 1.165) is 6.08 Å². The van der Waals surface area contributed by atoms with Gasteiger partial charge >= 0.3 is 0 Å². The fourth-order valence-corrected chi connectivity index (χ4v) is 1.97. The predicted molar refractivity (Wildman–Crippen MR) is 66.3 cm³/mol. The number of amides is 1. The molecule has 1 aromatic carbocycles. The summed E-state index contributed by atoms with van der Waals surface area (Å²) in [5, 5.41) is 12.7. The van der Waals surface area contributed by atoms with Crippen molar-refractivity contribution in [1.82, 2.24) is 0 Å². The first-order chi connectivity index (χ1) is 7.51. The SMILES string of the molecule is C=CC(=O)Nc1cc(Cl)c(CC)c(Cl)c1O. The second-order valence-electron chi connectivity index (χ2n) is 3.09. The van der Waals surface area contributed by atoms with Crippen molar-refractivity contribution in [3.63, 3.8) is 0 Å². The molecule has 0 atom stereocenters.